The van der Waals surface area contributed by atoms with E-state index in [1.807, 2.05) is 29.2 Å². The van der Waals surface area contributed by atoms with Crippen molar-refractivity contribution < 1.29 is 4.79 Å². The zero-order valence-electron chi connectivity index (χ0n) is 13.4. The lowest BCUT2D eigenvalue weighted by molar-refractivity contribution is -0.137. The molecule has 122 valence electrons. The largest absolute Gasteiger partial charge is 0.340 e. The van der Waals surface area contributed by atoms with Crippen LogP contribution in [-0.4, -0.2) is 41.9 Å². The van der Waals surface area contributed by atoms with Gasteiger partial charge in [-0.1, -0.05) is 35.0 Å². The number of halogens is 1. The number of hydrogen-bond donors (Lipinski definition) is 0. The third-order valence-electron chi connectivity index (χ3n) is 5.00. The zero-order valence-corrected chi connectivity index (χ0v) is 15.0. The van der Waals surface area contributed by atoms with Gasteiger partial charge in [-0.05, 0) is 36.5 Å². The molecule has 0 radical (unpaired) electrons. The van der Waals surface area contributed by atoms with Crippen LogP contribution < -0.4 is 0 Å². The van der Waals surface area contributed by atoms with Crippen molar-refractivity contribution in [2.24, 2.45) is 11.8 Å². The molecule has 1 aromatic rings. The quantitative estimate of drug-likeness (QED) is 0.811. The molecule has 0 bridgehead atoms. The Labute approximate surface area is 146 Å². The fourth-order valence-corrected chi connectivity index (χ4v) is 3.75. The summed E-state index contributed by atoms with van der Waals surface area (Å²) < 4.78 is 0.988. The van der Waals surface area contributed by atoms with Gasteiger partial charge >= 0.3 is 0 Å². The molecule has 2 fully saturated rings. The van der Waals surface area contributed by atoms with Crippen LogP contribution in [0, 0.1) is 23.2 Å². The van der Waals surface area contributed by atoms with E-state index in [9.17, 15) is 10.1 Å². The van der Waals surface area contributed by atoms with Crippen LogP contribution in [0.25, 0.3) is 0 Å². The molecule has 0 aromatic heterocycles. The van der Waals surface area contributed by atoms with Crippen LogP contribution >= 0.6 is 15.9 Å². The summed E-state index contributed by atoms with van der Waals surface area (Å²) in [5, 5.41) is 9.58. The van der Waals surface area contributed by atoms with Crippen molar-refractivity contribution in [3.63, 3.8) is 0 Å². The first kappa shape index (κ1) is 16.5. The highest BCUT2D eigenvalue weighted by molar-refractivity contribution is 9.10. The molecule has 4 nitrogen and oxygen atoms in total. The van der Waals surface area contributed by atoms with Crippen LogP contribution in [0.1, 0.15) is 31.4 Å². The lowest BCUT2D eigenvalue weighted by Crippen LogP contribution is -2.51. The normalized spacial score (nSPS) is 21.5. The molecular formula is C18H22BrN3O. The Kier molecular flexibility index (Phi) is 5.03. The average Bonchev–Trinajstić information content (AvgIpc) is 3.40. The van der Waals surface area contributed by atoms with E-state index in [2.05, 4.69) is 33.8 Å². The first-order valence-corrected chi connectivity index (χ1v) is 9.07. The van der Waals surface area contributed by atoms with E-state index in [0.29, 0.717) is 11.8 Å². The van der Waals surface area contributed by atoms with Gasteiger partial charge in [0.15, 0.2) is 0 Å². The molecule has 3 rings (SSSR count). The Bertz CT molecular complexity index is 615. The molecule has 2 unspecified atom stereocenters. The fraction of sp³-hybridized carbons (Fsp3) is 0.556. The molecule has 2 atom stereocenters. The van der Waals surface area contributed by atoms with Gasteiger partial charge in [0.25, 0.3) is 0 Å². The second kappa shape index (κ2) is 7.02. The maximum absolute atomic E-state index is 12.5. The summed E-state index contributed by atoms with van der Waals surface area (Å²) in [5.41, 5.74) is 1.01. The smallest absolute Gasteiger partial charge is 0.225 e. The summed E-state index contributed by atoms with van der Waals surface area (Å²) in [6, 6.07) is 10.1. The van der Waals surface area contributed by atoms with E-state index in [1.165, 1.54) is 12.8 Å². The summed E-state index contributed by atoms with van der Waals surface area (Å²) in [4.78, 5) is 16.6. The van der Waals surface area contributed by atoms with Gasteiger partial charge in [0.2, 0.25) is 5.91 Å². The van der Waals surface area contributed by atoms with Gasteiger partial charge in [0.1, 0.15) is 6.04 Å². The number of benzene rings is 1. The van der Waals surface area contributed by atoms with Gasteiger partial charge < -0.3 is 4.90 Å². The number of hydrogen-bond acceptors (Lipinski definition) is 3. The molecule has 1 aliphatic heterocycles. The standard InChI is InChI=1S/C18H22BrN3O/c1-13(14-5-6-14)18(23)22-9-7-21(8-10-22)17(12-20)15-3-2-4-16(19)11-15/h2-4,11,13-14,17H,5-10H2,1H3. The lowest BCUT2D eigenvalue weighted by atomic mass is 10.0. The Morgan fingerprint density at radius 2 is 2.00 bits per heavy atom. The van der Waals surface area contributed by atoms with E-state index >= 15 is 0 Å². The Balaban J connectivity index is 1.61. The number of carbonyl (C=O) groups excluding carboxylic acids is 1. The van der Waals surface area contributed by atoms with E-state index in [1.54, 1.807) is 0 Å². The van der Waals surface area contributed by atoms with Gasteiger partial charge in [-0.2, -0.15) is 5.26 Å². The Hall–Kier alpha value is -1.38. The van der Waals surface area contributed by atoms with Crippen LogP contribution in [0.3, 0.4) is 0 Å². The summed E-state index contributed by atoms with van der Waals surface area (Å²) in [6.45, 7) is 5.03. The maximum atomic E-state index is 12.5. The topological polar surface area (TPSA) is 47.3 Å². The van der Waals surface area contributed by atoms with E-state index in [4.69, 9.17) is 0 Å². The average molecular weight is 376 g/mol. The van der Waals surface area contributed by atoms with Crippen molar-refractivity contribution in [2.75, 3.05) is 26.2 Å². The van der Waals surface area contributed by atoms with Crippen LogP contribution in [0.2, 0.25) is 0 Å². The molecule has 0 spiro atoms. The Morgan fingerprint density at radius 3 is 2.57 bits per heavy atom. The van der Waals surface area contributed by atoms with Crippen molar-refractivity contribution in [1.82, 2.24) is 9.80 Å². The van der Waals surface area contributed by atoms with Gasteiger partial charge in [-0.15, -0.1) is 0 Å². The molecule has 1 amide bonds. The molecule has 5 heteroatoms. The van der Waals surface area contributed by atoms with E-state index < -0.39 is 0 Å². The number of piperazine rings is 1. The number of nitriles is 1. The minimum Gasteiger partial charge on any atom is -0.340 e. The van der Waals surface area contributed by atoms with Crippen LogP contribution in [0.4, 0.5) is 0 Å². The van der Waals surface area contributed by atoms with Gasteiger partial charge in [-0.25, -0.2) is 0 Å². The van der Waals surface area contributed by atoms with Crippen molar-refractivity contribution in [3.05, 3.63) is 34.3 Å². The molecule has 1 saturated heterocycles. The number of rotatable bonds is 4. The minimum atomic E-state index is -0.245. The van der Waals surface area contributed by atoms with E-state index in [-0.39, 0.29) is 12.0 Å². The van der Waals surface area contributed by atoms with E-state index in [0.717, 1.165) is 36.2 Å². The molecular weight excluding hydrogens is 354 g/mol. The fourth-order valence-electron chi connectivity index (χ4n) is 3.33. The highest BCUT2D eigenvalue weighted by atomic mass is 79.9. The SMILES string of the molecule is CC(C(=O)N1CCN(C(C#N)c2cccc(Br)c2)CC1)C1CC1. The highest BCUT2D eigenvalue weighted by Crippen LogP contribution is 2.37. The lowest BCUT2D eigenvalue weighted by Gasteiger charge is -2.38. The van der Waals surface area contributed by atoms with Crippen molar-refractivity contribution in [2.45, 2.75) is 25.8 Å². The summed E-state index contributed by atoms with van der Waals surface area (Å²) in [7, 11) is 0. The van der Waals surface area contributed by atoms with Gasteiger partial charge in [0, 0.05) is 36.6 Å². The molecule has 1 aromatic carbocycles. The highest BCUT2D eigenvalue weighted by Gasteiger charge is 2.36. The molecule has 0 N–H and O–H groups in total. The van der Waals surface area contributed by atoms with Gasteiger partial charge in [0.05, 0.1) is 6.07 Å². The third kappa shape index (κ3) is 3.76. The summed E-state index contributed by atoms with van der Waals surface area (Å²) >= 11 is 3.47. The minimum absolute atomic E-state index is 0.165. The first-order chi connectivity index (χ1) is 11.1. The van der Waals surface area contributed by atoms with Crippen molar-refractivity contribution >= 4 is 21.8 Å². The molecule has 2 aliphatic rings. The first-order valence-electron chi connectivity index (χ1n) is 8.28. The van der Waals surface area contributed by atoms with Gasteiger partial charge in [-0.3, -0.25) is 9.69 Å². The van der Waals surface area contributed by atoms with Crippen molar-refractivity contribution in [1.29, 1.82) is 5.26 Å². The second-order valence-corrected chi connectivity index (χ2v) is 7.49. The van der Waals surface area contributed by atoms with Crippen LogP contribution in [-0.2, 0) is 4.79 Å². The summed E-state index contributed by atoms with van der Waals surface area (Å²) in [5.74, 6) is 1.07. The molecule has 1 saturated carbocycles. The number of amides is 1. The third-order valence-corrected chi connectivity index (χ3v) is 5.49. The number of carbonyl (C=O) groups is 1. The predicted octanol–water partition coefficient (Wildman–Crippen LogP) is 3.20. The van der Waals surface area contributed by atoms with Crippen LogP contribution in [0.15, 0.2) is 28.7 Å². The summed E-state index contributed by atoms with van der Waals surface area (Å²) in [6.07, 6.45) is 2.40. The second-order valence-electron chi connectivity index (χ2n) is 6.57. The molecule has 1 aliphatic carbocycles. The molecule has 1 heterocycles. The maximum Gasteiger partial charge on any atom is 0.225 e. The molecule has 23 heavy (non-hydrogen) atoms. The number of nitrogens with zero attached hydrogens (tertiary/aromatic N) is 3. The van der Waals surface area contributed by atoms with Crippen molar-refractivity contribution in [3.8, 4) is 6.07 Å². The monoisotopic (exact) mass is 375 g/mol. The zero-order chi connectivity index (χ0) is 16.4. The Morgan fingerprint density at radius 1 is 1.30 bits per heavy atom. The predicted molar refractivity (Wildman–Crippen MR) is 92.5 cm³/mol. The van der Waals surface area contributed by atoms with Crippen LogP contribution in [0.5, 0.6) is 0 Å².